The second kappa shape index (κ2) is 12.8. The minimum Gasteiger partial charge on any atom is -0.508 e. The first-order valence-corrected chi connectivity index (χ1v) is 12.4. The van der Waals surface area contributed by atoms with Crippen LogP contribution in [0.3, 0.4) is 0 Å². The fourth-order valence-corrected chi connectivity index (χ4v) is 4.83. The molecule has 4 nitrogen and oxygen atoms in total. The Hall–Kier alpha value is -3.70. The van der Waals surface area contributed by atoms with E-state index in [4.69, 9.17) is 4.99 Å². The molecule has 0 amide bonds. The van der Waals surface area contributed by atoms with Crippen LogP contribution in [-0.2, 0) is 19.6 Å². The topological polar surface area (TPSA) is 56.1 Å². The van der Waals surface area contributed by atoms with Gasteiger partial charge in [0.15, 0.2) is 5.17 Å². The van der Waals surface area contributed by atoms with Gasteiger partial charge in [0.1, 0.15) is 11.5 Å². The van der Waals surface area contributed by atoms with Crippen molar-refractivity contribution in [1.82, 2.24) is 4.90 Å². The van der Waals surface area contributed by atoms with Gasteiger partial charge in [-0.2, -0.15) is 0 Å². The SMILES string of the molecule is C.Cc1cccc(CN=C(Sc2cccc(C)c2)N(Cc2ccc(O)cc2)Cc2cccc(O)c2)c1. The highest BCUT2D eigenvalue weighted by Crippen LogP contribution is 2.27. The zero-order valence-electron chi connectivity index (χ0n) is 20.1. The molecule has 0 fully saturated rings. The molecule has 0 saturated carbocycles. The van der Waals surface area contributed by atoms with Gasteiger partial charge in [0.05, 0.1) is 6.54 Å². The average Bonchev–Trinajstić information content (AvgIpc) is 2.83. The standard InChI is InChI=1S/C30H30N2O2S.CH4/c1-22-6-3-8-25(16-22)19-31-30(35-29-11-4-7-23(2)17-29)32(20-24-12-14-27(33)15-13-24)21-26-9-5-10-28(34)18-26;/h3-18,33-34H,19-21H2,1-2H3;1H4. The summed E-state index contributed by atoms with van der Waals surface area (Å²) in [6, 6.07) is 31.5. The first-order chi connectivity index (χ1) is 16.9. The summed E-state index contributed by atoms with van der Waals surface area (Å²) in [5, 5.41) is 20.7. The lowest BCUT2D eigenvalue weighted by atomic mass is 10.1. The van der Waals surface area contributed by atoms with Gasteiger partial charge >= 0.3 is 0 Å². The van der Waals surface area contributed by atoms with Gasteiger partial charge in [-0.25, -0.2) is 0 Å². The van der Waals surface area contributed by atoms with Crippen LogP contribution in [0.4, 0.5) is 0 Å². The summed E-state index contributed by atoms with van der Waals surface area (Å²) in [4.78, 5) is 8.44. The number of aromatic hydroxyl groups is 2. The number of rotatable bonds is 7. The number of aliphatic imine (C=N–C) groups is 1. The summed E-state index contributed by atoms with van der Waals surface area (Å²) < 4.78 is 0. The lowest BCUT2D eigenvalue weighted by Gasteiger charge is -2.26. The molecule has 0 atom stereocenters. The van der Waals surface area contributed by atoms with Gasteiger partial charge in [0, 0.05) is 18.0 Å². The van der Waals surface area contributed by atoms with Crippen LogP contribution in [0.15, 0.2) is 107 Å². The molecule has 0 spiro atoms. The van der Waals surface area contributed by atoms with E-state index in [2.05, 4.69) is 67.3 Å². The first kappa shape index (κ1) is 26.9. The molecule has 0 aliphatic carbocycles. The molecule has 0 heterocycles. The summed E-state index contributed by atoms with van der Waals surface area (Å²) in [5.41, 5.74) is 5.64. The van der Waals surface area contributed by atoms with Crippen molar-refractivity contribution in [3.05, 3.63) is 125 Å². The van der Waals surface area contributed by atoms with Crippen LogP contribution in [0, 0.1) is 13.8 Å². The van der Waals surface area contributed by atoms with Crippen molar-refractivity contribution >= 4 is 16.9 Å². The molecule has 4 aromatic carbocycles. The molecule has 0 radical (unpaired) electrons. The predicted molar refractivity (Wildman–Crippen MR) is 152 cm³/mol. The number of nitrogens with zero attached hydrogens (tertiary/aromatic N) is 2. The third-order valence-electron chi connectivity index (χ3n) is 5.54. The van der Waals surface area contributed by atoms with E-state index in [0.717, 1.165) is 26.8 Å². The summed E-state index contributed by atoms with van der Waals surface area (Å²) >= 11 is 1.64. The summed E-state index contributed by atoms with van der Waals surface area (Å²) in [7, 11) is 0. The molecule has 36 heavy (non-hydrogen) atoms. The molecule has 4 rings (SSSR count). The van der Waals surface area contributed by atoms with Crippen molar-refractivity contribution in [1.29, 1.82) is 0 Å². The number of hydrogen-bond donors (Lipinski definition) is 2. The highest BCUT2D eigenvalue weighted by molar-refractivity contribution is 8.13. The van der Waals surface area contributed by atoms with E-state index in [1.165, 1.54) is 11.1 Å². The van der Waals surface area contributed by atoms with Crippen LogP contribution >= 0.6 is 11.8 Å². The smallest absolute Gasteiger partial charge is 0.165 e. The van der Waals surface area contributed by atoms with E-state index in [9.17, 15) is 10.2 Å². The molecule has 0 bridgehead atoms. The normalized spacial score (nSPS) is 11.1. The number of aryl methyl sites for hydroxylation is 2. The highest BCUT2D eigenvalue weighted by Gasteiger charge is 2.16. The van der Waals surface area contributed by atoms with Crippen molar-refractivity contribution in [2.45, 2.75) is 45.8 Å². The number of thioether (sulfide) groups is 1. The monoisotopic (exact) mass is 498 g/mol. The van der Waals surface area contributed by atoms with Crippen molar-refractivity contribution in [3.8, 4) is 11.5 Å². The van der Waals surface area contributed by atoms with Crippen molar-refractivity contribution in [2.24, 2.45) is 4.99 Å². The number of phenols is 2. The largest absolute Gasteiger partial charge is 0.508 e. The summed E-state index contributed by atoms with van der Waals surface area (Å²) in [6.07, 6.45) is 0. The van der Waals surface area contributed by atoms with E-state index in [1.54, 1.807) is 36.0 Å². The Morgan fingerprint density at radius 2 is 1.33 bits per heavy atom. The first-order valence-electron chi connectivity index (χ1n) is 11.6. The maximum atomic E-state index is 10.0. The predicted octanol–water partition coefficient (Wildman–Crippen LogP) is 7.70. The molecule has 0 aromatic heterocycles. The Bertz CT molecular complexity index is 1300. The second-order valence-corrected chi connectivity index (χ2v) is 9.74. The zero-order valence-corrected chi connectivity index (χ0v) is 20.9. The van der Waals surface area contributed by atoms with Gasteiger partial charge in [-0.15, -0.1) is 0 Å². The van der Waals surface area contributed by atoms with Gasteiger partial charge in [-0.1, -0.05) is 91.0 Å². The summed E-state index contributed by atoms with van der Waals surface area (Å²) in [5.74, 6) is 0.493. The van der Waals surface area contributed by atoms with E-state index >= 15 is 0 Å². The Balaban J connectivity index is 0.00000361. The molecule has 186 valence electrons. The molecular weight excluding hydrogens is 464 g/mol. The molecule has 0 unspecified atom stereocenters. The van der Waals surface area contributed by atoms with Crippen LogP contribution in [0.25, 0.3) is 0 Å². The lowest BCUT2D eigenvalue weighted by Crippen LogP contribution is -2.28. The minimum absolute atomic E-state index is 0. The van der Waals surface area contributed by atoms with Gasteiger partial charge in [0.25, 0.3) is 0 Å². The fraction of sp³-hybridized carbons (Fsp3) is 0.194. The van der Waals surface area contributed by atoms with Crippen molar-refractivity contribution in [3.63, 3.8) is 0 Å². The van der Waals surface area contributed by atoms with Gasteiger partial charge in [0.2, 0.25) is 0 Å². The average molecular weight is 499 g/mol. The van der Waals surface area contributed by atoms with Crippen LogP contribution in [0.2, 0.25) is 0 Å². The molecule has 0 aliphatic heterocycles. The van der Waals surface area contributed by atoms with Crippen LogP contribution in [0.5, 0.6) is 11.5 Å². The quantitative estimate of drug-likeness (QED) is 0.156. The molecule has 5 heteroatoms. The molecule has 2 N–H and O–H groups in total. The van der Waals surface area contributed by atoms with Crippen LogP contribution < -0.4 is 0 Å². The lowest BCUT2D eigenvalue weighted by molar-refractivity contribution is 0.410. The minimum atomic E-state index is 0. The summed E-state index contributed by atoms with van der Waals surface area (Å²) in [6.45, 7) is 5.95. The number of benzene rings is 4. The number of phenolic OH excluding ortho intramolecular Hbond substituents is 2. The van der Waals surface area contributed by atoms with E-state index < -0.39 is 0 Å². The Morgan fingerprint density at radius 3 is 2.03 bits per heavy atom. The second-order valence-electron chi connectivity index (χ2n) is 8.70. The molecule has 0 saturated heterocycles. The zero-order chi connectivity index (χ0) is 24.6. The highest BCUT2D eigenvalue weighted by atomic mass is 32.2. The Morgan fingerprint density at radius 1 is 0.694 bits per heavy atom. The fourth-order valence-electron chi connectivity index (χ4n) is 3.84. The van der Waals surface area contributed by atoms with Gasteiger partial charge < -0.3 is 15.1 Å². The third-order valence-corrected chi connectivity index (χ3v) is 6.60. The molecule has 4 aromatic rings. The van der Waals surface area contributed by atoms with Gasteiger partial charge in [-0.3, -0.25) is 4.99 Å². The Kier molecular flexibility index (Phi) is 9.60. The van der Waals surface area contributed by atoms with E-state index in [-0.39, 0.29) is 18.9 Å². The van der Waals surface area contributed by atoms with E-state index in [0.29, 0.717) is 19.6 Å². The van der Waals surface area contributed by atoms with Crippen LogP contribution in [-0.4, -0.2) is 20.3 Å². The van der Waals surface area contributed by atoms with E-state index in [1.807, 2.05) is 24.3 Å². The molecular formula is C31H34N2O2S. The third kappa shape index (κ3) is 7.92. The number of amidine groups is 1. The van der Waals surface area contributed by atoms with Crippen molar-refractivity contribution < 1.29 is 10.2 Å². The maximum absolute atomic E-state index is 10.0. The van der Waals surface area contributed by atoms with Gasteiger partial charge in [-0.05, 0) is 66.9 Å². The maximum Gasteiger partial charge on any atom is 0.165 e. The Labute approximate surface area is 219 Å². The molecule has 0 aliphatic rings. The number of hydrogen-bond acceptors (Lipinski definition) is 4. The van der Waals surface area contributed by atoms with Crippen molar-refractivity contribution in [2.75, 3.05) is 0 Å². The van der Waals surface area contributed by atoms with Crippen LogP contribution in [0.1, 0.15) is 35.2 Å².